The summed E-state index contributed by atoms with van der Waals surface area (Å²) in [7, 11) is -10.3. The van der Waals surface area contributed by atoms with E-state index in [1.54, 1.807) is 0 Å². The second-order valence-corrected chi connectivity index (χ2v) is 5.82. The van der Waals surface area contributed by atoms with Crippen LogP contribution >= 0.6 is 0 Å². The van der Waals surface area contributed by atoms with Gasteiger partial charge in [0.25, 0.3) is 12.2 Å². The van der Waals surface area contributed by atoms with Crippen LogP contribution in [0.25, 0.3) is 0 Å². The predicted octanol–water partition coefficient (Wildman–Crippen LogP) is -1.77. The number of rotatable bonds is 3. The summed E-state index contributed by atoms with van der Waals surface area (Å²) in [5.74, 6) is 0. The van der Waals surface area contributed by atoms with E-state index in [1.165, 1.54) is 0 Å². The fourth-order valence-corrected chi connectivity index (χ4v) is 1.30. The topological polar surface area (TPSA) is 127 Å². The number of nitrogens with zero attached hydrogens (tertiary/aromatic N) is 2. The Labute approximate surface area is 66.1 Å². The predicted molar refractivity (Wildman–Crippen MR) is 34.1 cm³/mol. The summed E-state index contributed by atoms with van der Waals surface area (Å²) in [6.45, 7) is 0. The molecule has 0 radical (unpaired) electrons. The van der Waals surface area contributed by atoms with Crippen LogP contribution in [0.1, 0.15) is 0 Å². The zero-order valence-corrected chi connectivity index (χ0v) is 6.79. The highest BCUT2D eigenvalue weighted by atomic mass is 33.2. The van der Waals surface area contributed by atoms with Gasteiger partial charge in [0.15, 0.2) is 0 Å². The van der Waals surface area contributed by atoms with Crippen LogP contribution in [0.3, 0.4) is 0 Å². The summed E-state index contributed by atoms with van der Waals surface area (Å²) < 4.78 is 45.3. The standard InChI is InChI=1S/C2N2O6S2/c5-1-3-11(7,8)12(9,10)4-2-6. The fraction of sp³-hybridized carbons (Fsp3) is 0. The minimum atomic E-state index is -5.13. The SMILES string of the molecule is O=C=NS(=O)(=O)S(=O)(=O)N=C=O. The normalized spacial score (nSPS) is 11.0. The molecular formula is C2N2O6S2. The molecule has 0 aromatic rings. The first-order valence-corrected chi connectivity index (χ1v) is 5.45. The van der Waals surface area contributed by atoms with Gasteiger partial charge in [-0.05, 0) is 0 Å². The van der Waals surface area contributed by atoms with Crippen molar-refractivity contribution in [3.63, 3.8) is 0 Å². The molecule has 66 valence electrons. The Balaban J connectivity index is 5.67. The molecule has 0 N–H and O–H groups in total. The van der Waals surface area contributed by atoms with Crippen molar-refractivity contribution in [2.24, 2.45) is 8.80 Å². The van der Waals surface area contributed by atoms with Crippen molar-refractivity contribution in [1.82, 2.24) is 0 Å². The molecule has 0 saturated heterocycles. The summed E-state index contributed by atoms with van der Waals surface area (Å²) in [6, 6.07) is 0. The molecule has 0 aromatic carbocycles. The van der Waals surface area contributed by atoms with Crippen LogP contribution in [-0.2, 0) is 27.7 Å². The summed E-state index contributed by atoms with van der Waals surface area (Å²) >= 11 is 0. The van der Waals surface area contributed by atoms with E-state index in [2.05, 4.69) is 0 Å². The lowest BCUT2D eigenvalue weighted by molar-refractivity contribution is 0.560. The quantitative estimate of drug-likeness (QED) is 0.309. The van der Waals surface area contributed by atoms with Crippen LogP contribution in [0.15, 0.2) is 8.80 Å². The molecule has 0 amide bonds. The Morgan fingerprint density at radius 1 is 0.750 bits per heavy atom. The Kier molecular flexibility index (Phi) is 2.99. The molecule has 0 aromatic heterocycles. The van der Waals surface area contributed by atoms with Gasteiger partial charge in [0.2, 0.25) is 0 Å². The van der Waals surface area contributed by atoms with Crippen molar-refractivity contribution in [1.29, 1.82) is 0 Å². The minimum absolute atomic E-state index is 0.491. The van der Waals surface area contributed by atoms with Gasteiger partial charge in [-0.2, -0.15) is 16.8 Å². The van der Waals surface area contributed by atoms with Crippen molar-refractivity contribution >= 4 is 30.3 Å². The first kappa shape index (κ1) is 10.7. The maximum absolute atomic E-state index is 10.4. The van der Waals surface area contributed by atoms with Gasteiger partial charge in [0.1, 0.15) is 0 Å². The molecule has 0 fully saturated rings. The minimum Gasteiger partial charge on any atom is -0.210 e. The van der Waals surface area contributed by atoms with Gasteiger partial charge in [-0.1, -0.05) is 8.80 Å². The Bertz CT molecular complexity index is 412. The molecule has 8 nitrogen and oxygen atoms in total. The molecule has 0 aliphatic rings. The first-order valence-electron chi connectivity index (χ1n) is 2.05. The largest absolute Gasteiger partial charge is 0.390 e. The van der Waals surface area contributed by atoms with Crippen molar-refractivity contribution in [3.05, 3.63) is 0 Å². The van der Waals surface area contributed by atoms with Crippen LogP contribution in [-0.4, -0.2) is 29.0 Å². The molecule has 0 atom stereocenters. The van der Waals surface area contributed by atoms with Crippen molar-refractivity contribution in [2.75, 3.05) is 0 Å². The Hall–Kier alpha value is -1.34. The maximum Gasteiger partial charge on any atom is 0.390 e. The molecule has 0 rings (SSSR count). The zero-order chi connectivity index (χ0) is 9.83. The number of hydrogen-bond acceptors (Lipinski definition) is 6. The van der Waals surface area contributed by atoms with Gasteiger partial charge in [-0.3, -0.25) is 0 Å². The third-order valence-electron chi connectivity index (χ3n) is 0.564. The summed E-state index contributed by atoms with van der Waals surface area (Å²) in [5, 5.41) is 0. The highest BCUT2D eigenvalue weighted by Crippen LogP contribution is 2.04. The highest BCUT2D eigenvalue weighted by Gasteiger charge is 2.28. The zero-order valence-electron chi connectivity index (χ0n) is 5.16. The molecule has 10 heteroatoms. The first-order chi connectivity index (χ1) is 5.37. The lowest BCUT2D eigenvalue weighted by atomic mass is 11.7. The average molecular weight is 212 g/mol. The lowest BCUT2D eigenvalue weighted by Gasteiger charge is -1.86. The molecule has 0 spiro atoms. The van der Waals surface area contributed by atoms with Crippen molar-refractivity contribution in [3.8, 4) is 0 Å². The van der Waals surface area contributed by atoms with E-state index in [0.29, 0.717) is 12.2 Å². The van der Waals surface area contributed by atoms with Crippen molar-refractivity contribution < 1.29 is 26.4 Å². The third-order valence-corrected chi connectivity index (χ3v) is 3.74. The van der Waals surface area contributed by atoms with E-state index >= 15 is 0 Å². The van der Waals surface area contributed by atoms with Crippen LogP contribution in [0.4, 0.5) is 0 Å². The summed E-state index contributed by atoms with van der Waals surface area (Å²) in [4.78, 5) is 18.8. The van der Waals surface area contributed by atoms with E-state index in [4.69, 9.17) is 0 Å². The smallest absolute Gasteiger partial charge is 0.210 e. The van der Waals surface area contributed by atoms with E-state index in [-0.39, 0.29) is 0 Å². The van der Waals surface area contributed by atoms with E-state index in [0.717, 1.165) is 0 Å². The second kappa shape index (κ2) is 3.37. The molecule has 12 heavy (non-hydrogen) atoms. The molecular weight excluding hydrogens is 212 g/mol. The molecule has 0 aliphatic carbocycles. The number of isocyanates is 2. The average Bonchev–Trinajstić information content (AvgIpc) is 1.86. The van der Waals surface area contributed by atoms with Gasteiger partial charge >= 0.3 is 18.1 Å². The maximum atomic E-state index is 10.4. The van der Waals surface area contributed by atoms with Gasteiger partial charge < -0.3 is 0 Å². The third kappa shape index (κ3) is 2.07. The molecule has 0 aliphatic heterocycles. The van der Waals surface area contributed by atoms with E-state index in [9.17, 15) is 26.4 Å². The molecule has 0 heterocycles. The van der Waals surface area contributed by atoms with Gasteiger partial charge in [-0.25, -0.2) is 9.59 Å². The van der Waals surface area contributed by atoms with Gasteiger partial charge in [0.05, 0.1) is 0 Å². The summed E-state index contributed by atoms with van der Waals surface area (Å²) in [6.07, 6.45) is 0.981. The van der Waals surface area contributed by atoms with Crippen LogP contribution < -0.4 is 0 Å². The summed E-state index contributed by atoms with van der Waals surface area (Å²) in [5.41, 5.74) is 0. The van der Waals surface area contributed by atoms with Crippen LogP contribution in [0, 0.1) is 0 Å². The molecule has 0 unspecified atom stereocenters. The monoisotopic (exact) mass is 212 g/mol. The Morgan fingerprint density at radius 3 is 1.17 bits per heavy atom. The fourth-order valence-electron chi connectivity index (χ4n) is 0.185. The lowest BCUT2D eigenvalue weighted by Crippen LogP contribution is -2.08. The van der Waals surface area contributed by atoms with Crippen LogP contribution in [0.5, 0.6) is 0 Å². The number of carbonyl (C=O) groups excluding carboxylic acids is 2. The van der Waals surface area contributed by atoms with Crippen molar-refractivity contribution in [2.45, 2.75) is 0 Å². The Morgan fingerprint density at radius 2 is 1.00 bits per heavy atom. The highest BCUT2D eigenvalue weighted by molar-refractivity contribution is 8.66. The second-order valence-electron chi connectivity index (χ2n) is 1.22. The number of hydrogen-bond donors (Lipinski definition) is 0. The van der Waals surface area contributed by atoms with E-state index in [1.807, 2.05) is 8.80 Å². The molecule has 0 saturated carbocycles. The van der Waals surface area contributed by atoms with Gasteiger partial charge in [0, 0.05) is 0 Å². The van der Waals surface area contributed by atoms with E-state index < -0.39 is 18.1 Å². The molecule has 0 bridgehead atoms. The van der Waals surface area contributed by atoms with Gasteiger partial charge in [-0.15, -0.1) is 0 Å². The van der Waals surface area contributed by atoms with Crippen LogP contribution in [0.2, 0.25) is 0 Å².